The number of hydrogen-bond acceptors (Lipinski definition) is 3. The average Bonchev–Trinajstić information content (AvgIpc) is 2.71. The van der Waals surface area contributed by atoms with E-state index in [0.29, 0.717) is 8.67 Å². The van der Waals surface area contributed by atoms with Crippen LogP contribution in [0.25, 0.3) is 0 Å². The molecule has 3 nitrogen and oxygen atoms in total. The summed E-state index contributed by atoms with van der Waals surface area (Å²) in [4.78, 5) is 0. The van der Waals surface area contributed by atoms with Crippen LogP contribution in [0.4, 0.5) is 0 Å². The lowest BCUT2D eigenvalue weighted by molar-refractivity contribution is 0.765. The molecule has 0 aliphatic heterocycles. The van der Waals surface area contributed by atoms with Gasteiger partial charge in [0.2, 0.25) is 0 Å². The molecule has 0 bridgehead atoms. The van der Waals surface area contributed by atoms with Gasteiger partial charge >= 0.3 is 0 Å². The minimum absolute atomic E-state index is 0.269. The third kappa shape index (κ3) is 2.18. The zero-order valence-corrected chi connectivity index (χ0v) is 10.3. The Bertz CT molecular complexity index is 477. The summed E-state index contributed by atoms with van der Waals surface area (Å²) in [6.45, 7) is 0. The highest BCUT2D eigenvalue weighted by Crippen LogP contribution is 2.36. The third-order valence-electron chi connectivity index (χ3n) is 2.10. The Balaban J connectivity index is 2.35. The largest absolute Gasteiger partial charge is 0.320 e. The van der Waals surface area contributed by atoms with Gasteiger partial charge in [-0.15, -0.1) is 11.3 Å². The summed E-state index contributed by atoms with van der Waals surface area (Å²) in [7, 11) is 1.85. The van der Waals surface area contributed by atoms with E-state index in [9.17, 15) is 0 Å². The van der Waals surface area contributed by atoms with Crippen LogP contribution in [-0.4, -0.2) is 9.78 Å². The van der Waals surface area contributed by atoms with Crippen LogP contribution >= 0.6 is 34.5 Å². The fourth-order valence-electron chi connectivity index (χ4n) is 1.35. The number of rotatable bonds is 2. The zero-order valence-electron chi connectivity index (χ0n) is 7.95. The standard InChI is InChI=1S/C9H9Cl2N3S/c1-14-4-5(3-13-14)8(12)6-2-7(10)15-9(6)11/h2-4,8H,12H2,1H3. The van der Waals surface area contributed by atoms with Gasteiger partial charge in [0.15, 0.2) is 0 Å². The molecule has 0 aromatic carbocycles. The molecule has 0 spiro atoms. The van der Waals surface area contributed by atoms with Crippen LogP contribution in [0.15, 0.2) is 18.5 Å². The smallest absolute Gasteiger partial charge is 0.0995 e. The van der Waals surface area contributed by atoms with Gasteiger partial charge in [0.25, 0.3) is 0 Å². The van der Waals surface area contributed by atoms with Gasteiger partial charge in [-0.05, 0) is 6.07 Å². The minimum atomic E-state index is -0.269. The topological polar surface area (TPSA) is 43.8 Å². The van der Waals surface area contributed by atoms with Gasteiger partial charge in [-0.25, -0.2) is 0 Å². The molecular weight excluding hydrogens is 253 g/mol. The van der Waals surface area contributed by atoms with Gasteiger partial charge in [0, 0.05) is 24.4 Å². The molecule has 1 atom stereocenters. The second kappa shape index (κ2) is 4.14. The highest BCUT2D eigenvalue weighted by atomic mass is 35.5. The number of thiophene rings is 1. The Hall–Kier alpha value is -0.550. The highest BCUT2D eigenvalue weighted by Gasteiger charge is 2.16. The molecule has 0 fully saturated rings. The number of aromatic nitrogens is 2. The van der Waals surface area contributed by atoms with E-state index in [0.717, 1.165) is 11.1 Å². The van der Waals surface area contributed by atoms with Crippen molar-refractivity contribution in [2.75, 3.05) is 0 Å². The molecule has 0 aliphatic rings. The van der Waals surface area contributed by atoms with Crippen molar-refractivity contribution in [1.82, 2.24) is 9.78 Å². The van der Waals surface area contributed by atoms with Crippen LogP contribution in [0.5, 0.6) is 0 Å². The maximum absolute atomic E-state index is 6.05. The first-order valence-corrected chi connectivity index (χ1v) is 5.84. The zero-order chi connectivity index (χ0) is 11.0. The molecular formula is C9H9Cl2N3S. The Kier molecular flexibility index (Phi) is 3.02. The van der Waals surface area contributed by atoms with Crippen LogP contribution in [0, 0.1) is 0 Å². The molecule has 2 aromatic rings. The highest BCUT2D eigenvalue weighted by molar-refractivity contribution is 7.20. The van der Waals surface area contributed by atoms with Gasteiger partial charge < -0.3 is 5.73 Å². The number of nitrogens with zero attached hydrogens (tertiary/aromatic N) is 2. The van der Waals surface area contributed by atoms with Crippen molar-refractivity contribution in [2.24, 2.45) is 12.8 Å². The molecule has 6 heteroatoms. The number of nitrogens with two attached hydrogens (primary N) is 1. The van der Waals surface area contributed by atoms with Crippen molar-refractivity contribution >= 4 is 34.5 Å². The van der Waals surface area contributed by atoms with Gasteiger partial charge in [-0.3, -0.25) is 4.68 Å². The summed E-state index contributed by atoms with van der Waals surface area (Å²) in [5, 5.41) is 4.06. The average molecular weight is 262 g/mol. The molecule has 80 valence electrons. The monoisotopic (exact) mass is 261 g/mol. The molecule has 0 saturated heterocycles. The lowest BCUT2D eigenvalue weighted by Crippen LogP contribution is -2.10. The molecule has 0 aliphatic carbocycles. The van der Waals surface area contributed by atoms with Crippen molar-refractivity contribution < 1.29 is 0 Å². The predicted molar refractivity (Wildman–Crippen MR) is 63.6 cm³/mol. The first-order chi connectivity index (χ1) is 7.08. The first kappa shape index (κ1) is 11.0. The Morgan fingerprint density at radius 3 is 2.73 bits per heavy atom. The van der Waals surface area contributed by atoms with E-state index in [1.54, 1.807) is 16.9 Å². The first-order valence-electron chi connectivity index (χ1n) is 4.27. The van der Waals surface area contributed by atoms with Gasteiger partial charge in [-0.1, -0.05) is 23.2 Å². The fourth-order valence-corrected chi connectivity index (χ4v) is 2.90. The third-order valence-corrected chi connectivity index (χ3v) is 3.62. The van der Waals surface area contributed by atoms with Crippen molar-refractivity contribution in [1.29, 1.82) is 0 Å². The molecule has 0 saturated carbocycles. The van der Waals surface area contributed by atoms with Crippen LogP contribution < -0.4 is 5.73 Å². The van der Waals surface area contributed by atoms with Gasteiger partial charge in [0.05, 0.1) is 20.9 Å². The van der Waals surface area contributed by atoms with Gasteiger partial charge in [0.1, 0.15) is 0 Å². The van der Waals surface area contributed by atoms with E-state index >= 15 is 0 Å². The lowest BCUT2D eigenvalue weighted by atomic mass is 10.1. The van der Waals surface area contributed by atoms with E-state index in [1.165, 1.54) is 11.3 Å². The van der Waals surface area contributed by atoms with Crippen molar-refractivity contribution in [3.8, 4) is 0 Å². The Labute approximate surface area is 101 Å². The van der Waals surface area contributed by atoms with Crippen LogP contribution in [-0.2, 0) is 7.05 Å². The lowest BCUT2D eigenvalue weighted by Gasteiger charge is -2.07. The van der Waals surface area contributed by atoms with E-state index < -0.39 is 0 Å². The normalized spacial score (nSPS) is 13.1. The van der Waals surface area contributed by atoms with Crippen molar-refractivity contribution in [3.63, 3.8) is 0 Å². The fraction of sp³-hybridized carbons (Fsp3) is 0.222. The summed E-state index contributed by atoms with van der Waals surface area (Å²) in [6.07, 6.45) is 3.60. The Morgan fingerprint density at radius 1 is 1.53 bits per heavy atom. The maximum Gasteiger partial charge on any atom is 0.0995 e. The SMILES string of the molecule is Cn1cc(C(N)c2cc(Cl)sc2Cl)cn1. The molecule has 15 heavy (non-hydrogen) atoms. The molecule has 0 amide bonds. The number of aryl methyl sites for hydroxylation is 1. The second-order valence-corrected chi connectivity index (χ2v) is 5.49. The molecule has 2 aromatic heterocycles. The molecule has 0 radical (unpaired) electrons. The summed E-state index contributed by atoms with van der Waals surface area (Å²) in [5.41, 5.74) is 7.83. The number of halogens is 2. The summed E-state index contributed by atoms with van der Waals surface area (Å²) in [6, 6.07) is 1.53. The quantitative estimate of drug-likeness (QED) is 0.904. The molecule has 2 rings (SSSR count). The van der Waals surface area contributed by atoms with E-state index in [4.69, 9.17) is 28.9 Å². The van der Waals surface area contributed by atoms with Crippen LogP contribution in [0.1, 0.15) is 17.2 Å². The van der Waals surface area contributed by atoms with Crippen molar-refractivity contribution in [3.05, 3.63) is 38.3 Å². The van der Waals surface area contributed by atoms with Crippen LogP contribution in [0.3, 0.4) is 0 Å². The summed E-state index contributed by atoms with van der Waals surface area (Å²) >= 11 is 13.2. The summed E-state index contributed by atoms with van der Waals surface area (Å²) < 4.78 is 2.99. The van der Waals surface area contributed by atoms with E-state index in [1.807, 2.05) is 13.2 Å². The molecule has 1 unspecified atom stereocenters. The van der Waals surface area contributed by atoms with E-state index in [-0.39, 0.29) is 6.04 Å². The predicted octanol–water partition coefficient (Wildman–Crippen LogP) is 2.84. The minimum Gasteiger partial charge on any atom is -0.320 e. The summed E-state index contributed by atoms with van der Waals surface area (Å²) in [5.74, 6) is 0. The van der Waals surface area contributed by atoms with E-state index in [2.05, 4.69) is 5.10 Å². The maximum atomic E-state index is 6.05. The molecule has 2 heterocycles. The van der Waals surface area contributed by atoms with Crippen molar-refractivity contribution in [2.45, 2.75) is 6.04 Å². The number of hydrogen-bond donors (Lipinski definition) is 1. The van der Waals surface area contributed by atoms with Crippen LogP contribution in [0.2, 0.25) is 8.67 Å². The molecule has 2 N–H and O–H groups in total. The van der Waals surface area contributed by atoms with Gasteiger partial charge in [-0.2, -0.15) is 5.10 Å². The second-order valence-electron chi connectivity index (χ2n) is 3.20. The Morgan fingerprint density at radius 2 is 2.27 bits per heavy atom.